The predicted octanol–water partition coefficient (Wildman–Crippen LogP) is 2.95. The summed E-state index contributed by atoms with van der Waals surface area (Å²) in [6.07, 6.45) is 12.5. The molecule has 1 N–H and O–H groups in total. The van der Waals surface area contributed by atoms with Gasteiger partial charge in [-0.05, 0) is 57.0 Å². The molecule has 2 saturated heterocycles. The second-order valence-electron chi connectivity index (χ2n) is 7.07. The van der Waals surface area contributed by atoms with Crippen LogP contribution in [0, 0.1) is 11.8 Å². The molecule has 0 unspecified atom stereocenters. The maximum atomic E-state index is 12.6. The Hall–Kier alpha value is -0.570. The van der Waals surface area contributed by atoms with Gasteiger partial charge in [-0.15, -0.1) is 0 Å². The van der Waals surface area contributed by atoms with Crippen molar-refractivity contribution in [1.29, 1.82) is 0 Å². The summed E-state index contributed by atoms with van der Waals surface area (Å²) in [4.78, 5) is 14.8. The summed E-state index contributed by atoms with van der Waals surface area (Å²) in [7, 11) is 0. The molecule has 3 heteroatoms. The third-order valence-corrected chi connectivity index (χ3v) is 5.79. The first-order valence-corrected chi connectivity index (χ1v) is 8.85. The van der Waals surface area contributed by atoms with Crippen molar-refractivity contribution in [2.75, 3.05) is 19.6 Å². The van der Waals surface area contributed by atoms with E-state index in [0.717, 1.165) is 44.3 Å². The van der Waals surface area contributed by atoms with Gasteiger partial charge in [0.25, 0.3) is 0 Å². The maximum absolute atomic E-state index is 12.6. The van der Waals surface area contributed by atoms with Gasteiger partial charge >= 0.3 is 0 Å². The van der Waals surface area contributed by atoms with E-state index in [1.165, 1.54) is 51.4 Å². The summed E-state index contributed by atoms with van der Waals surface area (Å²) in [5, 5.41) is 3.44. The highest BCUT2D eigenvalue weighted by molar-refractivity contribution is 5.76. The van der Waals surface area contributed by atoms with Crippen LogP contribution >= 0.6 is 0 Å². The first-order valence-electron chi connectivity index (χ1n) is 8.85. The number of nitrogens with one attached hydrogen (secondary N) is 1. The number of amides is 1. The summed E-state index contributed by atoms with van der Waals surface area (Å²) in [6.45, 7) is 3.31. The molecule has 2 heterocycles. The Morgan fingerprint density at radius 3 is 2.50 bits per heavy atom. The molecule has 3 fully saturated rings. The Bertz CT molecular complexity index is 319. The predicted molar refractivity (Wildman–Crippen MR) is 81.5 cm³/mol. The van der Waals surface area contributed by atoms with Gasteiger partial charge in [-0.2, -0.15) is 0 Å². The number of hydrogen-bond acceptors (Lipinski definition) is 2. The van der Waals surface area contributed by atoms with Crippen LogP contribution in [0.25, 0.3) is 0 Å². The zero-order valence-electron chi connectivity index (χ0n) is 12.8. The summed E-state index contributed by atoms with van der Waals surface area (Å²) in [5.41, 5.74) is 0. The lowest BCUT2D eigenvalue weighted by Gasteiger charge is -2.34. The Labute approximate surface area is 123 Å². The number of rotatable bonds is 4. The standard InChI is InChI=1S/C17H30N2O/c20-17(8-7-14-4-1-2-5-14)19-13-3-6-16(19)15-9-11-18-12-10-15/h14-16,18H,1-13H2/t16-/m0/s1. The SMILES string of the molecule is O=C(CCC1CCCC1)N1CCC[C@H]1C1CCNCC1. The quantitative estimate of drug-likeness (QED) is 0.857. The fourth-order valence-corrected chi connectivity index (χ4v) is 4.59. The molecule has 1 saturated carbocycles. The van der Waals surface area contributed by atoms with E-state index in [2.05, 4.69) is 10.2 Å². The van der Waals surface area contributed by atoms with Gasteiger partial charge in [0.05, 0.1) is 0 Å². The Balaban J connectivity index is 1.49. The zero-order chi connectivity index (χ0) is 13.8. The Morgan fingerprint density at radius 1 is 1.00 bits per heavy atom. The van der Waals surface area contributed by atoms with E-state index in [9.17, 15) is 4.79 Å². The molecule has 0 aromatic carbocycles. The molecule has 3 rings (SSSR count). The number of piperidine rings is 1. The summed E-state index contributed by atoms with van der Waals surface area (Å²) in [6, 6.07) is 0.563. The van der Waals surface area contributed by atoms with Crippen LogP contribution in [0.2, 0.25) is 0 Å². The monoisotopic (exact) mass is 278 g/mol. The summed E-state index contributed by atoms with van der Waals surface area (Å²) >= 11 is 0. The van der Waals surface area contributed by atoms with Gasteiger partial charge < -0.3 is 10.2 Å². The first kappa shape index (κ1) is 14.4. The van der Waals surface area contributed by atoms with Crippen molar-refractivity contribution in [2.24, 2.45) is 11.8 Å². The highest BCUT2D eigenvalue weighted by Crippen LogP contribution is 2.32. The lowest BCUT2D eigenvalue weighted by Crippen LogP contribution is -2.43. The van der Waals surface area contributed by atoms with Gasteiger partial charge in [0, 0.05) is 19.0 Å². The van der Waals surface area contributed by atoms with Crippen molar-refractivity contribution in [3.63, 3.8) is 0 Å². The fraction of sp³-hybridized carbons (Fsp3) is 0.941. The van der Waals surface area contributed by atoms with Crippen LogP contribution in [0.1, 0.15) is 64.2 Å². The molecule has 0 spiro atoms. The molecule has 3 aliphatic rings. The normalized spacial score (nSPS) is 29.2. The average molecular weight is 278 g/mol. The fourth-order valence-electron chi connectivity index (χ4n) is 4.59. The van der Waals surface area contributed by atoms with Gasteiger partial charge in [0.15, 0.2) is 0 Å². The van der Waals surface area contributed by atoms with Crippen LogP contribution in [0.15, 0.2) is 0 Å². The minimum Gasteiger partial charge on any atom is -0.339 e. The Kier molecular flexibility index (Phi) is 4.98. The Morgan fingerprint density at radius 2 is 1.75 bits per heavy atom. The van der Waals surface area contributed by atoms with Crippen LogP contribution in [0.3, 0.4) is 0 Å². The largest absolute Gasteiger partial charge is 0.339 e. The van der Waals surface area contributed by atoms with Crippen LogP contribution in [-0.2, 0) is 4.79 Å². The molecule has 0 aromatic heterocycles. The topological polar surface area (TPSA) is 32.3 Å². The van der Waals surface area contributed by atoms with Crippen molar-refractivity contribution < 1.29 is 4.79 Å². The average Bonchev–Trinajstić information content (AvgIpc) is 3.17. The van der Waals surface area contributed by atoms with E-state index in [1.54, 1.807) is 0 Å². The second kappa shape index (κ2) is 6.93. The molecular formula is C17H30N2O. The van der Waals surface area contributed by atoms with Crippen molar-refractivity contribution >= 4 is 5.91 Å². The van der Waals surface area contributed by atoms with Gasteiger partial charge in [-0.1, -0.05) is 25.7 Å². The number of carbonyl (C=O) groups is 1. The smallest absolute Gasteiger partial charge is 0.222 e. The number of carbonyl (C=O) groups excluding carboxylic acids is 1. The van der Waals surface area contributed by atoms with Gasteiger partial charge in [-0.3, -0.25) is 4.79 Å². The number of nitrogens with zero attached hydrogens (tertiary/aromatic N) is 1. The van der Waals surface area contributed by atoms with Crippen LogP contribution in [0.4, 0.5) is 0 Å². The molecule has 0 aromatic rings. The van der Waals surface area contributed by atoms with Gasteiger partial charge in [-0.25, -0.2) is 0 Å². The summed E-state index contributed by atoms with van der Waals surface area (Å²) in [5.74, 6) is 2.06. The minimum atomic E-state index is 0.456. The molecule has 114 valence electrons. The molecule has 0 radical (unpaired) electrons. The first-order chi connectivity index (χ1) is 9.84. The third kappa shape index (κ3) is 3.36. The van der Waals surface area contributed by atoms with Crippen molar-refractivity contribution in [3.8, 4) is 0 Å². The maximum Gasteiger partial charge on any atom is 0.222 e. The summed E-state index contributed by atoms with van der Waals surface area (Å²) < 4.78 is 0. The lowest BCUT2D eigenvalue weighted by atomic mass is 9.88. The van der Waals surface area contributed by atoms with E-state index >= 15 is 0 Å². The van der Waals surface area contributed by atoms with Crippen LogP contribution in [0.5, 0.6) is 0 Å². The zero-order valence-corrected chi connectivity index (χ0v) is 12.8. The van der Waals surface area contributed by atoms with Gasteiger partial charge in [0.2, 0.25) is 5.91 Å². The van der Waals surface area contributed by atoms with Crippen molar-refractivity contribution in [2.45, 2.75) is 70.3 Å². The van der Waals surface area contributed by atoms with Crippen molar-refractivity contribution in [3.05, 3.63) is 0 Å². The number of hydrogen-bond donors (Lipinski definition) is 1. The van der Waals surface area contributed by atoms with Crippen LogP contribution < -0.4 is 5.32 Å². The molecule has 2 aliphatic heterocycles. The number of likely N-dealkylation sites (tertiary alicyclic amines) is 1. The van der Waals surface area contributed by atoms with Gasteiger partial charge in [0.1, 0.15) is 0 Å². The molecule has 0 bridgehead atoms. The van der Waals surface area contributed by atoms with E-state index in [4.69, 9.17) is 0 Å². The molecular weight excluding hydrogens is 248 g/mol. The van der Waals surface area contributed by atoms with E-state index < -0.39 is 0 Å². The molecule has 1 aliphatic carbocycles. The molecule has 1 atom stereocenters. The molecule has 20 heavy (non-hydrogen) atoms. The van der Waals surface area contributed by atoms with E-state index in [1.807, 2.05) is 0 Å². The van der Waals surface area contributed by atoms with E-state index in [0.29, 0.717) is 11.9 Å². The molecule has 3 nitrogen and oxygen atoms in total. The highest BCUT2D eigenvalue weighted by atomic mass is 16.2. The third-order valence-electron chi connectivity index (χ3n) is 5.79. The second-order valence-corrected chi connectivity index (χ2v) is 7.07. The highest BCUT2D eigenvalue weighted by Gasteiger charge is 2.35. The molecule has 1 amide bonds. The minimum absolute atomic E-state index is 0.456. The van der Waals surface area contributed by atoms with Crippen molar-refractivity contribution in [1.82, 2.24) is 10.2 Å². The lowest BCUT2D eigenvalue weighted by molar-refractivity contribution is -0.133. The van der Waals surface area contributed by atoms with Crippen LogP contribution in [-0.4, -0.2) is 36.5 Å². The van der Waals surface area contributed by atoms with E-state index in [-0.39, 0.29) is 0 Å².